The van der Waals surface area contributed by atoms with E-state index in [1.165, 1.54) is 18.0 Å². The van der Waals surface area contributed by atoms with Gasteiger partial charge in [0.25, 0.3) is 0 Å². The summed E-state index contributed by atoms with van der Waals surface area (Å²) in [6.45, 7) is 3.47. The lowest BCUT2D eigenvalue weighted by Crippen LogP contribution is -2.39. The number of aromatic nitrogens is 2. The third-order valence-electron chi connectivity index (χ3n) is 6.92. The molecule has 188 valence electrons. The average molecular weight is 513 g/mol. The lowest BCUT2D eigenvalue weighted by Gasteiger charge is -2.36. The quantitative estimate of drug-likeness (QED) is 0.273. The third kappa shape index (κ3) is 5.36. The third-order valence-corrected chi connectivity index (χ3v) is 7.66. The first-order chi connectivity index (χ1) is 17.3. The molecule has 1 N–H and O–H groups in total. The summed E-state index contributed by atoms with van der Waals surface area (Å²) in [5.74, 6) is 1.44. The van der Waals surface area contributed by atoms with E-state index in [1.807, 2.05) is 37.3 Å². The molecule has 1 saturated heterocycles. The van der Waals surface area contributed by atoms with Crippen LogP contribution in [0.2, 0.25) is 0 Å². The van der Waals surface area contributed by atoms with Crippen LogP contribution in [0.15, 0.2) is 59.6 Å². The number of alkyl halides is 3. The summed E-state index contributed by atoms with van der Waals surface area (Å²) in [5, 5.41) is 0.679. The molecule has 1 aliphatic carbocycles. The summed E-state index contributed by atoms with van der Waals surface area (Å²) in [4.78, 5) is 22.6. The second-order valence-electron chi connectivity index (χ2n) is 9.75. The zero-order valence-electron chi connectivity index (χ0n) is 19.9. The van der Waals surface area contributed by atoms with Crippen LogP contribution in [0.3, 0.4) is 0 Å². The molecule has 3 aromatic rings. The van der Waals surface area contributed by atoms with E-state index in [1.54, 1.807) is 12.1 Å². The predicted molar refractivity (Wildman–Crippen MR) is 136 cm³/mol. The standard InChI is InChI=1S/C27H27F3N4OS/c1-26(17-35)13-15-34(16-14-26)23-7-4-8-24(32-23)36-33-22-12-11-21(27(28,29)30)25(31-22)20-6-3-2-5-19(20)18-9-10-18/h2-8,11-12,17-18H,9-10,13-16H2,1H3,(H,31,33). The lowest BCUT2D eigenvalue weighted by molar-refractivity contribution is -0.137. The fourth-order valence-electron chi connectivity index (χ4n) is 4.52. The maximum Gasteiger partial charge on any atom is 0.418 e. The Kier molecular flexibility index (Phi) is 6.68. The maximum atomic E-state index is 13.9. The van der Waals surface area contributed by atoms with E-state index in [0.29, 0.717) is 22.3 Å². The molecule has 36 heavy (non-hydrogen) atoms. The highest BCUT2D eigenvalue weighted by atomic mass is 32.2. The van der Waals surface area contributed by atoms with Crippen molar-refractivity contribution in [1.29, 1.82) is 0 Å². The highest BCUT2D eigenvalue weighted by Crippen LogP contribution is 2.46. The molecule has 3 heterocycles. The number of hydrogen-bond acceptors (Lipinski definition) is 6. The number of carbonyl (C=O) groups excluding carboxylic acids is 1. The van der Waals surface area contributed by atoms with Crippen LogP contribution >= 0.6 is 11.9 Å². The number of nitrogens with one attached hydrogen (secondary N) is 1. The van der Waals surface area contributed by atoms with Gasteiger partial charge in [0.1, 0.15) is 22.9 Å². The number of anilines is 2. The van der Waals surface area contributed by atoms with Gasteiger partial charge < -0.3 is 14.4 Å². The van der Waals surface area contributed by atoms with Gasteiger partial charge in [-0.2, -0.15) is 13.2 Å². The highest BCUT2D eigenvalue weighted by Gasteiger charge is 2.36. The molecule has 2 aromatic heterocycles. The van der Waals surface area contributed by atoms with Crippen molar-refractivity contribution < 1.29 is 18.0 Å². The van der Waals surface area contributed by atoms with Gasteiger partial charge in [0, 0.05) is 36.0 Å². The molecule has 0 radical (unpaired) electrons. The summed E-state index contributed by atoms with van der Waals surface area (Å²) < 4.78 is 44.6. The first-order valence-corrected chi connectivity index (χ1v) is 12.9. The largest absolute Gasteiger partial charge is 0.418 e. The fourth-order valence-corrected chi connectivity index (χ4v) is 5.13. The van der Waals surface area contributed by atoms with Gasteiger partial charge in [-0.1, -0.05) is 37.3 Å². The summed E-state index contributed by atoms with van der Waals surface area (Å²) in [6.07, 6.45) is 0.0547. The van der Waals surface area contributed by atoms with E-state index >= 15 is 0 Å². The van der Waals surface area contributed by atoms with E-state index in [4.69, 9.17) is 4.98 Å². The Bertz CT molecular complexity index is 1250. The van der Waals surface area contributed by atoms with E-state index in [9.17, 15) is 18.0 Å². The average Bonchev–Trinajstić information content (AvgIpc) is 3.73. The lowest BCUT2D eigenvalue weighted by atomic mass is 9.82. The van der Waals surface area contributed by atoms with Gasteiger partial charge in [0.2, 0.25) is 0 Å². The van der Waals surface area contributed by atoms with Crippen LogP contribution in [0.1, 0.15) is 49.7 Å². The first-order valence-electron chi connectivity index (χ1n) is 12.0. The maximum absolute atomic E-state index is 13.9. The Morgan fingerprint density at radius 1 is 1.03 bits per heavy atom. The van der Waals surface area contributed by atoms with Crippen molar-refractivity contribution in [3.8, 4) is 11.3 Å². The zero-order chi connectivity index (χ0) is 25.3. The molecule has 1 aromatic carbocycles. The second kappa shape index (κ2) is 9.76. The molecule has 9 heteroatoms. The molecule has 0 unspecified atom stereocenters. The normalized spacial score (nSPS) is 17.6. The van der Waals surface area contributed by atoms with Crippen LogP contribution in [0.5, 0.6) is 0 Å². The van der Waals surface area contributed by atoms with Crippen molar-refractivity contribution in [3.63, 3.8) is 0 Å². The summed E-state index contributed by atoms with van der Waals surface area (Å²) in [5.41, 5.74) is 0.382. The van der Waals surface area contributed by atoms with E-state index in [0.717, 1.165) is 62.5 Å². The first kappa shape index (κ1) is 24.6. The van der Waals surface area contributed by atoms with Gasteiger partial charge >= 0.3 is 6.18 Å². The molecular weight excluding hydrogens is 485 g/mol. The molecule has 0 amide bonds. The topological polar surface area (TPSA) is 58.1 Å². The van der Waals surface area contributed by atoms with Gasteiger partial charge in [0.15, 0.2) is 0 Å². The number of nitrogens with zero attached hydrogens (tertiary/aromatic N) is 3. The van der Waals surface area contributed by atoms with Crippen molar-refractivity contribution in [2.45, 2.75) is 49.7 Å². The van der Waals surface area contributed by atoms with Gasteiger partial charge in [-0.15, -0.1) is 0 Å². The number of pyridine rings is 2. The number of halogens is 3. The van der Waals surface area contributed by atoms with Crippen molar-refractivity contribution in [2.75, 3.05) is 22.7 Å². The molecular formula is C27H27F3N4OS. The van der Waals surface area contributed by atoms with Gasteiger partial charge in [0.05, 0.1) is 11.3 Å². The van der Waals surface area contributed by atoms with Crippen molar-refractivity contribution in [3.05, 3.63) is 65.7 Å². The number of benzene rings is 1. The van der Waals surface area contributed by atoms with E-state index < -0.39 is 11.7 Å². The minimum absolute atomic E-state index is 0.0520. The monoisotopic (exact) mass is 512 g/mol. The number of carbonyl (C=O) groups is 1. The number of hydrogen-bond donors (Lipinski definition) is 1. The predicted octanol–water partition coefficient (Wildman–Crippen LogP) is 6.96. The molecule has 5 rings (SSSR count). The zero-order valence-corrected chi connectivity index (χ0v) is 20.7. The van der Waals surface area contributed by atoms with Crippen LogP contribution in [0, 0.1) is 5.41 Å². The summed E-state index contributed by atoms with van der Waals surface area (Å²) >= 11 is 1.21. The highest BCUT2D eigenvalue weighted by molar-refractivity contribution is 8.00. The molecule has 1 aliphatic heterocycles. The van der Waals surface area contributed by atoms with Gasteiger partial charge in [-0.3, -0.25) is 0 Å². The van der Waals surface area contributed by atoms with E-state index in [-0.39, 0.29) is 11.1 Å². The molecule has 1 saturated carbocycles. The SMILES string of the molecule is CC1(C=O)CCN(c2cccc(SNc3ccc(C(F)(F)F)c(-c4ccccc4C4CC4)n3)n2)CC1. The molecule has 5 nitrogen and oxygen atoms in total. The Labute approximate surface area is 212 Å². The second-order valence-corrected chi connectivity index (χ2v) is 10.6. The van der Waals surface area contributed by atoms with Gasteiger partial charge in [-0.25, -0.2) is 9.97 Å². The Morgan fingerprint density at radius 2 is 1.78 bits per heavy atom. The minimum Gasteiger partial charge on any atom is -0.357 e. The summed E-state index contributed by atoms with van der Waals surface area (Å²) in [7, 11) is 0. The number of rotatable bonds is 7. The minimum atomic E-state index is -4.51. The smallest absolute Gasteiger partial charge is 0.357 e. The van der Waals surface area contributed by atoms with Crippen LogP contribution < -0.4 is 9.62 Å². The van der Waals surface area contributed by atoms with E-state index in [2.05, 4.69) is 14.6 Å². The Morgan fingerprint density at radius 3 is 2.47 bits per heavy atom. The van der Waals surface area contributed by atoms with Crippen LogP contribution in [-0.4, -0.2) is 29.3 Å². The Hall–Kier alpha value is -3.07. The molecule has 2 fully saturated rings. The number of aldehydes is 1. The van der Waals surface area contributed by atoms with Crippen LogP contribution in [-0.2, 0) is 11.0 Å². The fraction of sp³-hybridized carbons (Fsp3) is 0.370. The summed E-state index contributed by atoms with van der Waals surface area (Å²) in [6, 6.07) is 15.4. The van der Waals surface area contributed by atoms with Crippen molar-refractivity contribution >= 4 is 29.9 Å². The number of piperidine rings is 1. The molecule has 2 aliphatic rings. The molecule has 0 spiro atoms. The molecule has 0 bridgehead atoms. The van der Waals surface area contributed by atoms with Crippen molar-refractivity contribution in [2.24, 2.45) is 5.41 Å². The van der Waals surface area contributed by atoms with Crippen molar-refractivity contribution in [1.82, 2.24) is 9.97 Å². The molecule has 0 atom stereocenters. The van der Waals surface area contributed by atoms with Crippen LogP contribution in [0.25, 0.3) is 11.3 Å². The van der Waals surface area contributed by atoms with Crippen LogP contribution in [0.4, 0.5) is 24.8 Å². The van der Waals surface area contributed by atoms with Gasteiger partial charge in [-0.05, 0) is 61.4 Å². The Balaban J connectivity index is 1.36.